The van der Waals surface area contributed by atoms with E-state index in [4.69, 9.17) is 9.84 Å². The van der Waals surface area contributed by atoms with E-state index < -0.39 is 12.0 Å². The lowest BCUT2D eigenvalue weighted by Gasteiger charge is -2.26. The van der Waals surface area contributed by atoms with Gasteiger partial charge < -0.3 is 20.1 Å². The van der Waals surface area contributed by atoms with Gasteiger partial charge in [0.05, 0.1) is 6.61 Å². The Morgan fingerprint density at radius 2 is 2.22 bits per heavy atom. The second-order valence-electron chi connectivity index (χ2n) is 5.05. The molecular formula is C12H20N2O4. The Hall–Kier alpha value is -1.30. The molecule has 0 bridgehead atoms. The number of carboxylic acids is 1. The van der Waals surface area contributed by atoms with Gasteiger partial charge in [-0.15, -0.1) is 0 Å². The fourth-order valence-electron chi connectivity index (χ4n) is 2.61. The van der Waals surface area contributed by atoms with Crippen LogP contribution in [0.2, 0.25) is 0 Å². The van der Waals surface area contributed by atoms with Crippen LogP contribution in [0, 0.1) is 5.92 Å². The number of likely N-dealkylation sites (tertiary alicyclic amines) is 1. The van der Waals surface area contributed by atoms with Crippen molar-refractivity contribution in [3.63, 3.8) is 0 Å². The Bertz CT molecular complexity index is 328. The van der Waals surface area contributed by atoms with Crippen molar-refractivity contribution in [2.75, 3.05) is 19.8 Å². The molecule has 0 saturated carbocycles. The van der Waals surface area contributed by atoms with Crippen LogP contribution in [-0.4, -0.2) is 53.8 Å². The van der Waals surface area contributed by atoms with Crippen molar-refractivity contribution in [1.29, 1.82) is 0 Å². The highest BCUT2D eigenvalue weighted by atomic mass is 16.5. The summed E-state index contributed by atoms with van der Waals surface area (Å²) in [5, 5.41) is 11.9. The summed E-state index contributed by atoms with van der Waals surface area (Å²) in [5.41, 5.74) is 0. The van der Waals surface area contributed by atoms with E-state index in [-0.39, 0.29) is 12.1 Å². The van der Waals surface area contributed by atoms with E-state index in [0.29, 0.717) is 25.5 Å². The molecule has 6 heteroatoms. The molecule has 2 aliphatic heterocycles. The molecule has 6 nitrogen and oxygen atoms in total. The van der Waals surface area contributed by atoms with Gasteiger partial charge in [0.15, 0.2) is 0 Å². The first-order valence-corrected chi connectivity index (χ1v) is 6.47. The highest BCUT2D eigenvalue weighted by Crippen LogP contribution is 2.20. The molecule has 0 aliphatic carbocycles. The van der Waals surface area contributed by atoms with Gasteiger partial charge >= 0.3 is 12.0 Å². The molecule has 2 amide bonds. The number of urea groups is 1. The van der Waals surface area contributed by atoms with Gasteiger partial charge in [-0.2, -0.15) is 0 Å². The van der Waals surface area contributed by atoms with Gasteiger partial charge in [-0.3, -0.25) is 0 Å². The number of ether oxygens (including phenoxy) is 1. The third-order valence-corrected chi connectivity index (χ3v) is 3.82. The van der Waals surface area contributed by atoms with Crippen molar-refractivity contribution >= 4 is 12.0 Å². The molecule has 2 rings (SSSR count). The van der Waals surface area contributed by atoms with Crippen LogP contribution in [0.15, 0.2) is 0 Å². The van der Waals surface area contributed by atoms with Gasteiger partial charge in [-0.1, -0.05) is 0 Å². The van der Waals surface area contributed by atoms with Crippen LogP contribution in [0.4, 0.5) is 4.79 Å². The normalized spacial score (nSPS) is 29.3. The lowest BCUT2D eigenvalue weighted by Crippen LogP contribution is -2.50. The SMILES string of the molecule is CC(NC(=O)N1CCC[C@H]1C(=O)O)C1CCOC1. The van der Waals surface area contributed by atoms with Crippen molar-refractivity contribution in [1.82, 2.24) is 10.2 Å². The molecule has 0 spiro atoms. The van der Waals surface area contributed by atoms with Crippen molar-refractivity contribution < 1.29 is 19.4 Å². The highest BCUT2D eigenvalue weighted by Gasteiger charge is 2.35. The predicted octanol–water partition coefficient (Wildman–Crippen LogP) is 0.670. The topological polar surface area (TPSA) is 78.9 Å². The molecule has 18 heavy (non-hydrogen) atoms. The molecule has 2 aliphatic rings. The molecule has 0 aromatic heterocycles. The molecule has 0 aromatic rings. The molecule has 2 heterocycles. The van der Waals surface area contributed by atoms with Gasteiger partial charge in [0.25, 0.3) is 0 Å². The summed E-state index contributed by atoms with van der Waals surface area (Å²) in [7, 11) is 0. The minimum Gasteiger partial charge on any atom is -0.480 e. The third-order valence-electron chi connectivity index (χ3n) is 3.82. The smallest absolute Gasteiger partial charge is 0.326 e. The number of carbonyl (C=O) groups excluding carboxylic acids is 1. The van der Waals surface area contributed by atoms with Crippen LogP contribution in [-0.2, 0) is 9.53 Å². The average Bonchev–Trinajstić information content (AvgIpc) is 3.00. The molecule has 2 unspecified atom stereocenters. The Morgan fingerprint density at radius 1 is 1.44 bits per heavy atom. The Labute approximate surface area is 106 Å². The van der Waals surface area contributed by atoms with Crippen LogP contribution in [0.3, 0.4) is 0 Å². The fraction of sp³-hybridized carbons (Fsp3) is 0.833. The maximum Gasteiger partial charge on any atom is 0.326 e. The first-order valence-electron chi connectivity index (χ1n) is 6.47. The highest BCUT2D eigenvalue weighted by molar-refractivity contribution is 5.83. The summed E-state index contributed by atoms with van der Waals surface area (Å²) in [5.74, 6) is -0.584. The molecule has 2 N–H and O–H groups in total. The quantitative estimate of drug-likeness (QED) is 0.778. The van der Waals surface area contributed by atoms with Gasteiger partial charge in [0, 0.05) is 25.1 Å². The van der Waals surface area contributed by atoms with Gasteiger partial charge in [0.1, 0.15) is 6.04 Å². The Kier molecular flexibility index (Phi) is 4.06. The fourth-order valence-corrected chi connectivity index (χ4v) is 2.61. The van der Waals surface area contributed by atoms with E-state index in [9.17, 15) is 9.59 Å². The Balaban J connectivity index is 1.88. The van der Waals surface area contributed by atoms with Crippen LogP contribution < -0.4 is 5.32 Å². The van der Waals surface area contributed by atoms with Crippen LogP contribution in [0.1, 0.15) is 26.2 Å². The van der Waals surface area contributed by atoms with Crippen molar-refractivity contribution in [3.8, 4) is 0 Å². The average molecular weight is 256 g/mol. The first-order chi connectivity index (χ1) is 8.59. The van der Waals surface area contributed by atoms with E-state index >= 15 is 0 Å². The minimum absolute atomic E-state index is 0.0232. The zero-order chi connectivity index (χ0) is 13.1. The Morgan fingerprint density at radius 3 is 2.83 bits per heavy atom. The van der Waals surface area contributed by atoms with Crippen LogP contribution in [0.25, 0.3) is 0 Å². The minimum atomic E-state index is -0.917. The molecule has 0 radical (unpaired) electrons. The molecule has 102 valence electrons. The lowest BCUT2D eigenvalue weighted by atomic mass is 10.0. The van der Waals surface area contributed by atoms with Gasteiger partial charge in [-0.25, -0.2) is 9.59 Å². The van der Waals surface area contributed by atoms with Crippen molar-refractivity contribution in [2.45, 2.75) is 38.3 Å². The van der Waals surface area contributed by atoms with Crippen LogP contribution >= 0.6 is 0 Å². The number of carbonyl (C=O) groups is 2. The number of amides is 2. The first kappa shape index (κ1) is 13.1. The molecule has 3 atom stereocenters. The molecule has 2 saturated heterocycles. The van der Waals surface area contributed by atoms with Gasteiger partial charge in [0.2, 0.25) is 0 Å². The second kappa shape index (κ2) is 5.56. The van der Waals surface area contributed by atoms with E-state index in [2.05, 4.69) is 5.32 Å². The predicted molar refractivity (Wildman–Crippen MR) is 64.3 cm³/mol. The maximum absolute atomic E-state index is 12.0. The number of aliphatic carboxylic acids is 1. The van der Waals surface area contributed by atoms with E-state index in [1.807, 2.05) is 6.92 Å². The number of nitrogens with zero attached hydrogens (tertiary/aromatic N) is 1. The largest absolute Gasteiger partial charge is 0.480 e. The van der Waals surface area contributed by atoms with E-state index in [0.717, 1.165) is 19.4 Å². The zero-order valence-electron chi connectivity index (χ0n) is 10.6. The van der Waals surface area contributed by atoms with Crippen molar-refractivity contribution in [2.24, 2.45) is 5.92 Å². The second-order valence-corrected chi connectivity index (χ2v) is 5.05. The summed E-state index contributed by atoms with van der Waals surface area (Å²) in [6, 6.07) is -0.911. The van der Waals surface area contributed by atoms with E-state index in [1.165, 1.54) is 4.90 Å². The van der Waals surface area contributed by atoms with Gasteiger partial charge in [-0.05, 0) is 26.2 Å². The number of rotatable bonds is 3. The van der Waals surface area contributed by atoms with Crippen molar-refractivity contribution in [3.05, 3.63) is 0 Å². The summed E-state index contributed by atoms with van der Waals surface area (Å²) >= 11 is 0. The maximum atomic E-state index is 12.0. The zero-order valence-corrected chi connectivity index (χ0v) is 10.6. The standard InChI is InChI=1S/C12H20N2O4/c1-8(9-4-6-18-7-9)13-12(17)14-5-2-3-10(14)11(15)16/h8-10H,2-7H2,1H3,(H,13,17)(H,15,16)/t8?,9?,10-/m0/s1. The van der Waals surface area contributed by atoms with Crippen LogP contribution in [0.5, 0.6) is 0 Å². The summed E-state index contributed by atoms with van der Waals surface area (Å²) < 4.78 is 5.29. The number of hydrogen-bond acceptors (Lipinski definition) is 3. The number of nitrogens with one attached hydrogen (secondary N) is 1. The molecular weight excluding hydrogens is 236 g/mol. The summed E-state index contributed by atoms with van der Waals surface area (Å²) in [6.45, 7) is 3.88. The summed E-state index contributed by atoms with van der Waals surface area (Å²) in [6.07, 6.45) is 2.25. The number of carboxylic acid groups (broad SMARTS) is 1. The van der Waals surface area contributed by atoms with E-state index in [1.54, 1.807) is 0 Å². The summed E-state index contributed by atoms with van der Waals surface area (Å²) in [4.78, 5) is 24.5. The molecule has 2 fully saturated rings. The third kappa shape index (κ3) is 2.75. The lowest BCUT2D eigenvalue weighted by molar-refractivity contribution is -0.141. The number of hydrogen-bond donors (Lipinski definition) is 2. The monoisotopic (exact) mass is 256 g/mol. The molecule has 0 aromatic carbocycles.